The maximum Gasteiger partial charge on any atom is 0.243 e. The zero-order valence-corrected chi connectivity index (χ0v) is 18.1. The van der Waals surface area contributed by atoms with E-state index in [0.29, 0.717) is 36.5 Å². The number of nitrogens with zero attached hydrogens (tertiary/aromatic N) is 2. The summed E-state index contributed by atoms with van der Waals surface area (Å²) in [7, 11) is -3.56. The van der Waals surface area contributed by atoms with Gasteiger partial charge in [-0.3, -0.25) is 9.69 Å². The molecule has 1 heterocycles. The van der Waals surface area contributed by atoms with Crippen LogP contribution >= 0.6 is 0 Å². The molecule has 156 valence electrons. The highest BCUT2D eigenvalue weighted by Crippen LogP contribution is 2.23. The molecule has 2 aromatic carbocycles. The standard InChI is InChI=1S/C23H30N2O3S/c1-3-4-14-24-15-16-25(29(27,28)22-12-10-19(2)11-13-22)18-21(24)17-23(26)20-8-6-5-7-9-20/h5-13,21H,3-4,14-18H2,1-2H3. The molecule has 29 heavy (non-hydrogen) atoms. The van der Waals surface area contributed by atoms with E-state index in [-0.39, 0.29) is 11.8 Å². The summed E-state index contributed by atoms with van der Waals surface area (Å²) in [6, 6.07) is 16.1. The third-order valence-corrected chi connectivity index (χ3v) is 7.42. The van der Waals surface area contributed by atoms with Gasteiger partial charge < -0.3 is 0 Å². The number of aryl methyl sites for hydroxylation is 1. The van der Waals surface area contributed by atoms with Gasteiger partial charge in [0.1, 0.15) is 0 Å². The topological polar surface area (TPSA) is 57.7 Å². The largest absolute Gasteiger partial charge is 0.297 e. The number of carbonyl (C=O) groups is 1. The van der Waals surface area contributed by atoms with Gasteiger partial charge in [0.2, 0.25) is 10.0 Å². The van der Waals surface area contributed by atoms with Crippen LogP contribution in [-0.4, -0.2) is 55.6 Å². The molecule has 1 aliphatic heterocycles. The fourth-order valence-electron chi connectivity index (χ4n) is 3.75. The van der Waals surface area contributed by atoms with E-state index in [1.165, 1.54) is 0 Å². The number of benzene rings is 2. The Morgan fingerprint density at radius 2 is 1.72 bits per heavy atom. The SMILES string of the molecule is CCCCN1CCN(S(=O)(=O)c2ccc(C)cc2)CC1CC(=O)c1ccccc1. The molecule has 3 rings (SSSR count). The quantitative estimate of drug-likeness (QED) is 0.618. The van der Waals surface area contributed by atoms with Crippen LogP contribution in [-0.2, 0) is 10.0 Å². The zero-order chi connectivity index (χ0) is 20.9. The molecule has 0 amide bonds. The predicted octanol–water partition coefficient (Wildman–Crippen LogP) is 3.74. The smallest absolute Gasteiger partial charge is 0.243 e. The summed E-state index contributed by atoms with van der Waals surface area (Å²) in [5.41, 5.74) is 1.71. The Hall–Kier alpha value is -2.02. The maximum absolute atomic E-state index is 13.1. The number of hydrogen-bond acceptors (Lipinski definition) is 4. The van der Waals surface area contributed by atoms with Crippen molar-refractivity contribution < 1.29 is 13.2 Å². The molecule has 0 saturated carbocycles. The van der Waals surface area contributed by atoms with E-state index in [9.17, 15) is 13.2 Å². The molecule has 5 nitrogen and oxygen atoms in total. The Kier molecular flexibility index (Phi) is 7.22. The van der Waals surface area contributed by atoms with Gasteiger partial charge in [-0.15, -0.1) is 0 Å². The first-order valence-electron chi connectivity index (χ1n) is 10.3. The fraction of sp³-hybridized carbons (Fsp3) is 0.435. The van der Waals surface area contributed by atoms with Crippen molar-refractivity contribution in [2.45, 2.75) is 44.0 Å². The van der Waals surface area contributed by atoms with E-state index in [1.54, 1.807) is 16.4 Å². The van der Waals surface area contributed by atoms with Gasteiger partial charge in [-0.2, -0.15) is 4.31 Å². The first-order valence-corrected chi connectivity index (χ1v) is 11.7. The van der Waals surface area contributed by atoms with Crippen molar-refractivity contribution in [1.82, 2.24) is 9.21 Å². The van der Waals surface area contributed by atoms with Crippen LogP contribution in [0.5, 0.6) is 0 Å². The van der Waals surface area contributed by atoms with E-state index in [1.807, 2.05) is 49.4 Å². The van der Waals surface area contributed by atoms with Crippen molar-refractivity contribution in [2.75, 3.05) is 26.2 Å². The Labute approximate surface area is 174 Å². The van der Waals surface area contributed by atoms with Gasteiger partial charge in [-0.05, 0) is 32.0 Å². The summed E-state index contributed by atoms with van der Waals surface area (Å²) in [5, 5.41) is 0. The second-order valence-electron chi connectivity index (χ2n) is 7.71. The van der Waals surface area contributed by atoms with Crippen LogP contribution in [0.3, 0.4) is 0 Å². The van der Waals surface area contributed by atoms with Crippen molar-refractivity contribution >= 4 is 15.8 Å². The molecular weight excluding hydrogens is 384 g/mol. The summed E-state index contributed by atoms with van der Waals surface area (Å²) in [5.74, 6) is 0.0617. The molecule has 1 saturated heterocycles. The summed E-state index contributed by atoms with van der Waals surface area (Å²) in [6.45, 7) is 6.42. The van der Waals surface area contributed by atoms with Crippen LogP contribution in [0.1, 0.15) is 42.1 Å². The summed E-state index contributed by atoms with van der Waals surface area (Å²) in [6.07, 6.45) is 2.44. The molecule has 0 N–H and O–H groups in total. The van der Waals surface area contributed by atoms with Crippen molar-refractivity contribution in [3.63, 3.8) is 0 Å². The Morgan fingerprint density at radius 1 is 1.03 bits per heavy atom. The molecule has 0 spiro atoms. The highest BCUT2D eigenvalue weighted by Gasteiger charge is 2.35. The average Bonchev–Trinajstić information content (AvgIpc) is 2.73. The van der Waals surface area contributed by atoms with Crippen molar-refractivity contribution in [2.24, 2.45) is 0 Å². The minimum absolute atomic E-state index is 0.0617. The molecular formula is C23H30N2O3S. The molecule has 6 heteroatoms. The maximum atomic E-state index is 13.1. The fourth-order valence-corrected chi connectivity index (χ4v) is 5.22. The number of hydrogen-bond donors (Lipinski definition) is 0. The normalized spacial score (nSPS) is 18.6. The number of sulfonamides is 1. The van der Waals surface area contributed by atoms with Crippen LogP contribution in [0, 0.1) is 6.92 Å². The Balaban J connectivity index is 1.78. The number of unbranched alkanes of at least 4 members (excludes halogenated alkanes) is 1. The van der Waals surface area contributed by atoms with E-state index in [0.717, 1.165) is 24.9 Å². The van der Waals surface area contributed by atoms with Gasteiger partial charge in [0.25, 0.3) is 0 Å². The third-order valence-electron chi connectivity index (χ3n) is 5.54. The molecule has 2 aromatic rings. The lowest BCUT2D eigenvalue weighted by Crippen LogP contribution is -2.55. The monoisotopic (exact) mass is 414 g/mol. The first kappa shape index (κ1) is 21.7. The van der Waals surface area contributed by atoms with Crippen molar-refractivity contribution in [3.8, 4) is 0 Å². The van der Waals surface area contributed by atoms with E-state index >= 15 is 0 Å². The van der Waals surface area contributed by atoms with Crippen LogP contribution in [0.25, 0.3) is 0 Å². The molecule has 1 unspecified atom stereocenters. The highest BCUT2D eigenvalue weighted by atomic mass is 32.2. The second-order valence-corrected chi connectivity index (χ2v) is 9.65. The second kappa shape index (κ2) is 9.65. The molecule has 1 fully saturated rings. The van der Waals surface area contributed by atoms with Gasteiger partial charge in [-0.1, -0.05) is 61.4 Å². The van der Waals surface area contributed by atoms with E-state index < -0.39 is 10.0 Å². The Bertz CT molecular complexity index is 911. The van der Waals surface area contributed by atoms with Crippen LogP contribution in [0.4, 0.5) is 0 Å². The molecule has 0 radical (unpaired) electrons. The summed E-state index contributed by atoms with van der Waals surface area (Å²) < 4.78 is 27.8. The lowest BCUT2D eigenvalue weighted by Gasteiger charge is -2.40. The number of ketones is 1. The lowest BCUT2D eigenvalue weighted by atomic mass is 10.0. The predicted molar refractivity (Wildman–Crippen MR) is 116 cm³/mol. The van der Waals surface area contributed by atoms with Crippen molar-refractivity contribution in [1.29, 1.82) is 0 Å². The van der Waals surface area contributed by atoms with E-state index in [2.05, 4.69) is 11.8 Å². The molecule has 0 aromatic heterocycles. The molecule has 0 bridgehead atoms. The van der Waals surface area contributed by atoms with Gasteiger partial charge in [0.05, 0.1) is 4.90 Å². The summed E-state index contributed by atoms with van der Waals surface area (Å²) >= 11 is 0. The number of Topliss-reactive ketones (excluding diaryl/α,β-unsaturated/α-hetero) is 1. The van der Waals surface area contributed by atoms with Gasteiger partial charge in [0, 0.05) is 37.7 Å². The Morgan fingerprint density at radius 3 is 2.38 bits per heavy atom. The lowest BCUT2D eigenvalue weighted by molar-refractivity contribution is 0.0808. The summed E-state index contributed by atoms with van der Waals surface area (Å²) in [4.78, 5) is 15.4. The first-order chi connectivity index (χ1) is 13.9. The van der Waals surface area contributed by atoms with Crippen LogP contribution in [0.15, 0.2) is 59.5 Å². The van der Waals surface area contributed by atoms with Crippen LogP contribution in [0.2, 0.25) is 0 Å². The molecule has 1 atom stereocenters. The van der Waals surface area contributed by atoms with Crippen molar-refractivity contribution in [3.05, 3.63) is 65.7 Å². The highest BCUT2D eigenvalue weighted by molar-refractivity contribution is 7.89. The number of carbonyl (C=O) groups excluding carboxylic acids is 1. The minimum atomic E-state index is -3.56. The van der Waals surface area contributed by atoms with Gasteiger partial charge in [-0.25, -0.2) is 8.42 Å². The number of piperazine rings is 1. The third kappa shape index (κ3) is 5.32. The van der Waals surface area contributed by atoms with E-state index in [4.69, 9.17) is 0 Å². The number of rotatable bonds is 8. The molecule has 0 aliphatic carbocycles. The van der Waals surface area contributed by atoms with Crippen LogP contribution < -0.4 is 0 Å². The average molecular weight is 415 g/mol. The zero-order valence-electron chi connectivity index (χ0n) is 17.3. The van der Waals surface area contributed by atoms with Gasteiger partial charge in [0.15, 0.2) is 5.78 Å². The van der Waals surface area contributed by atoms with Gasteiger partial charge >= 0.3 is 0 Å². The molecule has 1 aliphatic rings. The minimum Gasteiger partial charge on any atom is -0.297 e.